The van der Waals surface area contributed by atoms with Crippen molar-refractivity contribution in [2.24, 2.45) is 0 Å². The van der Waals surface area contributed by atoms with Gasteiger partial charge in [-0.3, -0.25) is 4.79 Å². The van der Waals surface area contributed by atoms with Gasteiger partial charge in [0.05, 0.1) is 19.2 Å². The Labute approximate surface area is 105 Å². The van der Waals surface area contributed by atoms with E-state index in [4.69, 9.17) is 4.42 Å². The summed E-state index contributed by atoms with van der Waals surface area (Å²) in [7, 11) is 1.72. The molecule has 0 N–H and O–H groups in total. The fraction of sp³-hybridized carbons (Fsp3) is 0.214. The fourth-order valence-electron chi connectivity index (χ4n) is 1.64. The van der Waals surface area contributed by atoms with E-state index in [0.29, 0.717) is 6.54 Å². The van der Waals surface area contributed by atoms with Crippen LogP contribution in [0.15, 0.2) is 47.1 Å². The Morgan fingerprint density at radius 3 is 2.61 bits per heavy atom. The molecule has 0 aliphatic carbocycles. The Bertz CT molecular complexity index is 505. The molecule has 2 rings (SSSR count). The quantitative estimate of drug-likeness (QED) is 0.832. The summed E-state index contributed by atoms with van der Waals surface area (Å²) in [6.45, 7) is 0.438. The van der Waals surface area contributed by atoms with Gasteiger partial charge in [0.2, 0.25) is 5.91 Å². The van der Waals surface area contributed by atoms with Crippen LogP contribution in [0.2, 0.25) is 0 Å². The van der Waals surface area contributed by atoms with Gasteiger partial charge >= 0.3 is 0 Å². The molecule has 0 spiro atoms. The van der Waals surface area contributed by atoms with Crippen LogP contribution >= 0.6 is 0 Å². The molecule has 0 aliphatic heterocycles. The standard InChI is InChI=1S/C14H14FNO2/c1-16(10-13-3-2-8-18-13)14(17)9-11-4-6-12(15)7-5-11/h2-8H,9-10H2,1H3. The third-order valence-electron chi connectivity index (χ3n) is 2.67. The average molecular weight is 247 g/mol. The Morgan fingerprint density at radius 2 is 2.00 bits per heavy atom. The molecule has 0 atom stereocenters. The van der Waals surface area contributed by atoms with Gasteiger partial charge in [0.1, 0.15) is 11.6 Å². The fourth-order valence-corrected chi connectivity index (χ4v) is 1.64. The third-order valence-corrected chi connectivity index (χ3v) is 2.67. The van der Waals surface area contributed by atoms with E-state index < -0.39 is 0 Å². The number of rotatable bonds is 4. The minimum absolute atomic E-state index is 0.0296. The number of hydrogen-bond donors (Lipinski definition) is 0. The van der Waals surface area contributed by atoms with Gasteiger partial charge in [-0.05, 0) is 29.8 Å². The second-order valence-corrected chi connectivity index (χ2v) is 4.13. The first-order valence-corrected chi connectivity index (χ1v) is 5.66. The molecule has 94 valence electrons. The smallest absolute Gasteiger partial charge is 0.227 e. The van der Waals surface area contributed by atoms with Crippen molar-refractivity contribution in [3.8, 4) is 0 Å². The molecule has 0 saturated heterocycles. The van der Waals surface area contributed by atoms with Crippen LogP contribution in [0.3, 0.4) is 0 Å². The molecule has 0 radical (unpaired) electrons. The number of halogens is 1. The number of nitrogens with zero attached hydrogens (tertiary/aromatic N) is 1. The summed E-state index contributed by atoms with van der Waals surface area (Å²) >= 11 is 0. The highest BCUT2D eigenvalue weighted by atomic mass is 19.1. The zero-order valence-electron chi connectivity index (χ0n) is 10.1. The number of likely N-dealkylation sites (N-methyl/N-ethyl adjacent to an activating group) is 1. The monoisotopic (exact) mass is 247 g/mol. The molecule has 1 amide bonds. The number of benzene rings is 1. The Morgan fingerprint density at radius 1 is 1.28 bits per heavy atom. The minimum atomic E-state index is -0.296. The molecule has 18 heavy (non-hydrogen) atoms. The van der Waals surface area contributed by atoms with Crippen molar-refractivity contribution in [1.29, 1.82) is 0 Å². The maximum atomic E-state index is 12.7. The van der Waals surface area contributed by atoms with Crippen molar-refractivity contribution in [3.63, 3.8) is 0 Å². The lowest BCUT2D eigenvalue weighted by atomic mass is 10.1. The topological polar surface area (TPSA) is 33.5 Å². The van der Waals surface area contributed by atoms with Crippen LogP contribution < -0.4 is 0 Å². The van der Waals surface area contributed by atoms with Gasteiger partial charge < -0.3 is 9.32 Å². The molecule has 0 fully saturated rings. The van der Waals surface area contributed by atoms with Crippen molar-refractivity contribution in [2.75, 3.05) is 7.05 Å². The molecule has 1 aromatic carbocycles. The molecule has 1 aromatic heterocycles. The van der Waals surface area contributed by atoms with Crippen LogP contribution in [0.5, 0.6) is 0 Å². The van der Waals surface area contributed by atoms with Gasteiger partial charge in [0.15, 0.2) is 0 Å². The van der Waals surface area contributed by atoms with Crippen molar-refractivity contribution >= 4 is 5.91 Å². The lowest BCUT2D eigenvalue weighted by Crippen LogP contribution is -2.27. The summed E-state index contributed by atoms with van der Waals surface area (Å²) in [5.74, 6) is 0.415. The summed E-state index contributed by atoms with van der Waals surface area (Å²) in [4.78, 5) is 13.5. The molecular formula is C14H14FNO2. The van der Waals surface area contributed by atoms with Crippen LogP contribution in [0.25, 0.3) is 0 Å². The summed E-state index contributed by atoms with van der Waals surface area (Å²) < 4.78 is 17.9. The SMILES string of the molecule is CN(Cc1ccco1)C(=O)Cc1ccc(F)cc1. The van der Waals surface area contributed by atoms with Crippen molar-refractivity contribution in [1.82, 2.24) is 4.90 Å². The van der Waals surface area contributed by atoms with E-state index in [9.17, 15) is 9.18 Å². The Kier molecular flexibility index (Phi) is 3.77. The van der Waals surface area contributed by atoms with E-state index in [0.717, 1.165) is 11.3 Å². The average Bonchev–Trinajstić information content (AvgIpc) is 2.85. The second kappa shape index (κ2) is 5.49. The molecular weight excluding hydrogens is 233 g/mol. The van der Waals surface area contributed by atoms with E-state index in [2.05, 4.69) is 0 Å². The number of amides is 1. The maximum Gasteiger partial charge on any atom is 0.227 e. The van der Waals surface area contributed by atoms with Crippen molar-refractivity contribution in [2.45, 2.75) is 13.0 Å². The largest absolute Gasteiger partial charge is 0.467 e. The van der Waals surface area contributed by atoms with Gasteiger partial charge in [-0.15, -0.1) is 0 Å². The number of hydrogen-bond acceptors (Lipinski definition) is 2. The molecule has 0 aliphatic rings. The van der Waals surface area contributed by atoms with E-state index in [-0.39, 0.29) is 18.1 Å². The van der Waals surface area contributed by atoms with E-state index in [1.54, 1.807) is 36.4 Å². The van der Waals surface area contributed by atoms with Gasteiger partial charge in [0.25, 0.3) is 0 Å². The summed E-state index contributed by atoms with van der Waals surface area (Å²) in [5, 5.41) is 0. The van der Waals surface area contributed by atoms with Gasteiger partial charge in [-0.25, -0.2) is 4.39 Å². The maximum absolute atomic E-state index is 12.7. The summed E-state index contributed by atoms with van der Waals surface area (Å²) in [5.41, 5.74) is 0.799. The van der Waals surface area contributed by atoms with E-state index >= 15 is 0 Å². The van der Waals surface area contributed by atoms with Crippen LogP contribution in [0.4, 0.5) is 4.39 Å². The van der Waals surface area contributed by atoms with Gasteiger partial charge in [-0.2, -0.15) is 0 Å². The van der Waals surface area contributed by atoms with Crippen LogP contribution in [-0.4, -0.2) is 17.9 Å². The van der Waals surface area contributed by atoms with Crippen LogP contribution in [0.1, 0.15) is 11.3 Å². The van der Waals surface area contributed by atoms with Crippen LogP contribution in [0, 0.1) is 5.82 Å². The van der Waals surface area contributed by atoms with E-state index in [1.807, 2.05) is 6.07 Å². The molecule has 0 saturated carbocycles. The third kappa shape index (κ3) is 3.20. The lowest BCUT2D eigenvalue weighted by molar-refractivity contribution is -0.129. The Hall–Kier alpha value is -2.10. The molecule has 1 heterocycles. The van der Waals surface area contributed by atoms with Crippen molar-refractivity contribution < 1.29 is 13.6 Å². The van der Waals surface area contributed by atoms with Gasteiger partial charge in [-0.1, -0.05) is 12.1 Å². The zero-order chi connectivity index (χ0) is 13.0. The first-order valence-electron chi connectivity index (χ1n) is 5.66. The predicted molar refractivity (Wildman–Crippen MR) is 65.3 cm³/mol. The number of carbonyl (C=O) groups excluding carboxylic acids is 1. The minimum Gasteiger partial charge on any atom is -0.467 e. The zero-order valence-corrected chi connectivity index (χ0v) is 10.1. The first kappa shape index (κ1) is 12.4. The van der Waals surface area contributed by atoms with E-state index in [1.165, 1.54) is 12.1 Å². The highest BCUT2D eigenvalue weighted by molar-refractivity contribution is 5.78. The first-order chi connectivity index (χ1) is 8.65. The lowest BCUT2D eigenvalue weighted by Gasteiger charge is -2.15. The molecule has 2 aromatic rings. The normalized spacial score (nSPS) is 10.3. The van der Waals surface area contributed by atoms with Crippen molar-refractivity contribution in [3.05, 3.63) is 59.8 Å². The molecule has 0 bridgehead atoms. The van der Waals surface area contributed by atoms with Gasteiger partial charge in [0, 0.05) is 7.05 Å². The predicted octanol–water partition coefficient (Wildman–Crippen LogP) is 2.62. The highest BCUT2D eigenvalue weighted by Crippen LogP contribution is 2.08. The highest BCUT2D eigenvalue weighted by Gasteiger charge is 2.11. The molecule has 0 unspecified atom stereocenters. The molecule has 4 heteroatoms. The summed E-state index contributed by atoms with van der Waals surface area (Å²) in [6.07, 6.45) is 1.84. The Balaban J connectivity index is 1.93. The number of carbonyl (C=O) groups is 1. The molecule has 3 nitrogen and oxygen atoms in total. The second-order valence-electron chi connectivity index (χ2n) is 4.13. The number of furan rings is 1. The summed E-state index contributed by atoms with van der Waals surface area (Å²) in [6, 6.07) is 9.56. The van der Waals surface area contributed by atoms with Crippen LogP contribution in [-0.2, 0) is 17.8 Å².